The Balaban J connectivity index is 2.38. The second kappa shape index (κ2) is 4.41. The molecule has 0 unspecified atom stereocenters. The molecule has 1 rings (SSSR count). The van der Waals surface area contributed by atoms with Gasteiger partial charge >= 0.3 is 6.18 Å². The van der Waals surface area contributed by atoms with Gasteiger partial charge in [0.25, 0.3) is 0 Å². The number of nitrogens with one attached hydrogen (secondary N) is 1. The Morgan fingerprint density at radius 3 is 2.79 bits per heavy atom. The first-order chi connectivity index (χ1) is 6.53. The van der Waals surface area contributed by atoms with E-state index in [1.807, 2.05) is 6.92 Å². The average molecular weight is 208 g/mol. The summed E-state index contributed by atoms with van der Waals surface area (Å²) in [5.74, 6) is 0.511. The highest BCUT2D eigenvalue weighted by molar-refractivity contribution is 4.84. The summed E-state index contributed by atoms with van der Waals surface area (Å²) in [4.78, 5) is 0. The molecule has 1 heterocycles. The van der Waals surface area contributed by atoms with E-state index in [0.717, 1.165) is 0 Å². The minimum absolute atomic E-state index is 0.0767. The number of aromatic nitrogens is 3. The third kappa shape index (κ3) is 3.33. The second-order valence-electron chi connectivity index (χ2n) is 2.75. The third-order valence-electron chi connectivity index (χ3n) is 1.64. The SMILES string of the molecule is CCn1cnnc1CNCC(F)(F)F. The Hall–Kier alpha value is -1.11. The van der Waals surface area contributed by atoms with Crippen LogP contribution in [0.2, 0.25) is 0 Å². The van der Waals surface area contributed by atoms with Gasteiger partial charge in [0.1, 0.15) is 12.2 Å². The van der Waals surface area contributed by atoms with Crippen LogP contribution < -0.4 is 5.32 Å². The van der Waals surface area contributed by atoms with Crippen molar-refractivity contribution < 1.29 is 13.2 Å². The molecule has 7 heteroatoms. The molecule has 0 saturated carbocycles. The third-order valence-corrected chi connectivity index (χ3v) is 1.64. The van der Waals surface area contributed by atoms with Crippen LogP contribution in [-0.2, 0) is 13.1 Å². The predicted octanol–water partition coefficient (Wildman–Crippen LogP) is 0.950. The molecular weight excluding hydrogens is 197 g/mol. The van der Waals surface area contributed by atoms with Crippen molar-refractivity contribution in [3.8, 4) is 0 Å². The zero-order chi connectivity index (χ0) is 10.6. The molecule has 0 saturated heterocycles. The van der Waals surface area contributed by atoms with Gasteiger partial charge in [-0.2, -0.15) is 13.2 Å². The van der Waals surface area contributed by atoms with Gasteiger partial charge in [-0.25, -0.2) is 0 Å². The maximum absolute atomic E-state index is 11.8. The van der Waals surface area contributed by atoms with E-state index in [1.54, 1.807) is 4.57 Å². The molecule has 0 bridgehead atoms. The Morgan fingerprint density at radius 2 is 2.21 bits per heavy atom. The molecule has 0 radical (unpaired) electrons. The van der Waals surface area contributed by atoms with Crippen molar-refractivity contribution in [1.82, 2.24) is 20.1 Å². The first kappa shape index (κ1) is 11.0. The van der Waals surface area contributed by atoms with Crippen molar-refractivity contribution in [3.05, 3.63) is 12.2 Å². The van der Waals surface area contributed by atoms with E-state index in [4.69, 9.17) is 0 Å². The van der Waals surface area contributed by atoms with E-state index >= 15 is 0 Å². The van der Waals surface area contributed by atoms with Crippen LogP contribution in [0.1, 0.15) is 12.7 Å². The highest BCUT2D eigenvalue weighted by Gasteiger charge is 2.26. The van der Waals surface area contributed by atoms with E-state index in [-0.39, 0.29) is 6.54 Å². The standard InChI is InChI=1S/C7H11F3N4/c1-2-14-5-12-13-6(14)3-11-4-7(8,9)10/h5,11H,2-4H2,1H3. The molecule has 0 aliphatic carbocycles. The van der Waals surface area contributed by atoms with Gasteiger partial charge in [0.15, 0.2) is 0 Å². The second-order valence-corrected chi connectivity index (χ2v) is 2.75. The van der Waals surface area contributed by atoms with E-state index in [2.05, 4.69) is 15.5 Å². The average Bonchev–Trinajstić information content (AvgIpc) is 2.49. The molecule has 0 spiro atoms. The summed E-state index contributed by atoms with van der Waals surface area (Å²) in [7, 11) is 0. The lowest BCUT2D eigenvalue weighted by atomic mass is 10.5. The van der Waals surface area contributed by atoms with Crippen molar-refractivity contribution in [1.29, 1.82) is 0 Å². The van der Waals surface area contributed by atoms with Crippen LogP contribution >= 0.6 is 0 Å². The van der Waals surface area contributed by atoms with E-state index in [1.165, 1.54) is 6.33 Å². The van der Waals surface area contributed by atoms with Gasteiger partial charge in [0.2, 0.25) is 0 Å². The van der Waals surface area contributed by atoms with Crippen molar-refractivity contribution in [2.24, 2.45) is 0 Å². The molecule has 0 amide bonds. The number of hydrogen-bond donors (Lipinski definition) is 1. The summed E-state index contributed by atoms with van der Waals surface area (Å²) < 4.78 is 37.0. The van der Waals surface area contributed by atoms with E-state index < -0.39 is 12.7 Å². The molecule has 0 atom stereocenters. The molecule has 80 valence electrons. The molecule has 1 aromatic heterocycles. The number of hydrogen-bond acceptors (Lipinski definition) is 3. The quantitative estimate of drug-likeness (QED) is 0.801. The fraction of sp³-hybridized carbons (Fsp3) is 0.714. The van der Waals surface area contributed by atoms with Crippen molar-refractivity contribution >= 4 is 0 Å². The lowest BCUT2D eigenvalue weighted by Gasteiger charge is -2.07. The predicted molar refractivity (Wildman–Crippen MR) is 43.5 cm³/mol. The molecule has 1 aromatic rings. The monoisotopic (exact) mass is 208 g/mol. The molecule has 0 aliphatic rings. The molecule has 4 nitrogen and oxygen atoms in total. The van der Waals surface area contributed by atoms with Crippen molar-refractivity contribution in [3.63, 3.8) is 0 Å². The first-order valence-electron chi connectivity index (χ1n) is 4.17. The van der Waals surface area contributed by atoms with Crippen molar-refractivity contribution in [2.75, 3.05) is 6.54 Å². The van der Waals surface area contributed by atoms with Gasteiger partial charge in [0.05, 0.1) is 13.1 Å². The first-order valence-corrected chi connectivity index (χ1v) is 4.17. The highest BCUT2D eigenvalue weighted by Crippen LogP contribution is 2.12. The number of rotatable bonds is 4. The van der Waals surface area contributed by atoms with Gasteiger partial charge in [0, 0.05) is 6.54 Å². The van der Waals surface area contributed by atoms with Gasteiger partial charge in [-0.05, 0) is 6.92 Å². The van der Waals surface area contributed by atoms with Crippen LogP contribution in [-0.4, -0.2) is 27.5 Å². The Kier molecular flexibility index (Phi) is 3.45. The zero-order valence-corrected chi connectivity index (χ0v) is 7.67. The lowest BCUT2D eigenvalue weighted by molar-refractivity contribution is -0.125. The molecule has 0 aliphatic heterocycles. The Morgan fingerprint density at radius 1 is 1.50 bits per heavy atom. The molecule has 0 fully saturated rings. The fourth-order valence-corrected chi connectivity index (χ4v) is 0.996. The maximum Gasteiger partial charge on any atom is 0.401 e. The van der Waals surface area contributed by atoms with E-state index in [9.17, 15) is 13.2 Å². The lowest BCUT2D eigenvalue weighted by Crippen LogP contribution is -2.29. The fourth-order valence-electron chi connectivity index (χ4n) is 0.996. The summed E-state index contributed by atoms with van der Waals surface area (Å²) in [6.07, 6.45) is -2.69. The van der Waals surface area contributed by atoms with Crippen LogP contribution in [0.25, 0.3) is 0 Å². The maximum atomic E-state index is 11.8. The van der Waals surface area contributed by atoms with Crippen molar-refractivity contribution in [2.45, 2.75) is 26.2 Å². The summed E-state index contributed by atoms with van der Waals surface area (Å²) in [6, 6.07) is 0. The summed E-state index contributed by atoms with van der Waals surface area (Å²) in [6.45, 7) is 1.59. The Bertz CT molecular complexity index is 281. The number of alkyl halides is 3. The summed E-state index contributed by atoms with van der Waals surface area (Å²) in [5, 5.41) is 9.54. The van der Waals surface area contributed by atoms with Crippen LogP contribution in [0.5, 0.6) is 0 Å². The van der Waals surface area contributed by atoms with Gasteiger partial charge in [-0.15, -0.1) is 10.2 Å². The van der Waals surface area contributed by atoms with Crippen LogP contribution in [0.4, 0.5) is 13.2 Å². The number of nitrogens with zero attached hydrogens (tertiary/aromatic N) is 3. The van der Waals surface area contributed by atoms with Crippen LogP contribution in [0, 0.1) is 0 Å². The molecule has 1 N–H and O–H groups in total. The minimum Gasteiger partial charge on any atom is -0.317 e. The largest absolute Gasteiger partial charge is 0.401 e. The Labute approximate surface area is 79.1 Å². The van der Waals surface area contributed by atoms with Gasteiger partial charge < -0.3 is 9.88 Å². The molecular formula is C7H11F3N4. The summed E-state index contributed by atoms with van der Waals surface area (Å²) in [5.41, 5.74) is 0. The number of halogens is 3. The zero-order valence-electron chi connectivity index (χ0n) is 7.67. The minimum atomic E-state index is -4.18. The smallest absolute Gasteiger partial charge is 0.317 e. The van der Waals surface area contributed by atoms with Gasteiger partial charge in [-0.3, -0.25) is 0 Å². The van der Waals surface area contributed by atoms with Gasteiger partial charge in [-0.1, -0.05) is 0 Å². The van der Waals surface area contributed by atoms with Crippen LogP contribution in [0.3, 0.4) is 0 Å². The molecule has 14 heavy (non-hydrogen) atoms. The number of aryl methyl sites for hydroxylation is 1. The van der Waals surface area contributed by atoms with E-state index in [0.29, 0.717) is 12.4 Å². The highest BCUT2D eigenvalue weighted by atomic mass is 19.4. The molecule has 0 aromatic carbocycles. The van der Waals surface area contributed by atoms with Crippen LogP contribution in [0.15, 0.2) is 6.33 Å². The topological polar surface area (TPSA) is 42.7 Å². The normalized spacial score (nSPS) is 12.0. The summed E-state index contributed by atoms with van der Waals surface area (Å²) >= 11 is 0.